The molecule has 7 nitrogen and oxygen atoms in total. The lowest BCUT2D eigenvalue weighted by atomic mass is 9.95. The summed E-state index contributed by atoms with van der Waals surface area (Å²) in [5.41, 5.74) is 2.96. The first-order valence-corrected chi connectivity index (χ1v) is 9.41. The quantitative estimate of drug-likeness (QED) is 0.749. The number of ether oxygens (including phenoxy) is 2. The second-order valence-electron chi connectivity index (χ2n) is 6.98. The summed E-state index contributed by atoms with van der Waals surface area (Å²) >= 11 is 0. The number of benzene rings is 2. The van der Waals surface area contributed by atoms with Crippen molar-refractivity contribution in [2.45, 2.75) is 32.0 Å². The van der Waals surface area contributed by atoms with Crippen LogP contribution in [-0.4, -0.2) is 37.1 Å². The number of hydrogen-bond donors (Lipinski definition) is 3. The van der Waals surface area contributed by atoms with Gasteiger partial charge in [0.25, 0.3) is 0 Å². The smallest absolute Gasteiger partial charge is 0.246 e. The van der Waals surface area contributed by atoms with E-state index in [4.69, 9.17) is 9.47 Å². The zero-order valence-electron chi connectivity index (χ0n) is 15.7. The molecule has 2 aliphatic rings. The van der Waals surface area contributed by atoms with Crippen LogP contribution in [0.2, 0.25) is 0 Å². The molecule has 2 atom stereocenters. The van der Waals surface area contributed by atoms with E-state index in [-0.39, 0.29) is 17.9 Å². The lowest BCUT2D eigenvalue weighted by molar-refractivity contribution is -0.127. The van der Waals surface area contributed by atoms with Crippen molar-refractivity contribution in [3.05, 3.63) is 53.6 Å². The fourth-order valence-corrected chi connectivity index (χ4v) is 3.39. The lowest BCUT2D eigenvalue weighted by Gasteiger charge is -2.26. The molecule has 0 fully saturated rings. The Morgan fingerprint density at radius 1 is 1.07 bits per heavy atom. The maximum atomic E-state index is 12.6. The van der Waals surface area contributed by atoms with Crippen molar-refractivity contribution in [1.29, 1.82) is 0 Å². The molecule has 0 aromatic heterocycles. The van der Waals surface area contributed by atoms with Crippen molar-refractivity contribution in [3.63, 3.8) is 0 Å². The average Bonchev–Trinajstić information content (AvgIpc) is 2.73. The monoisotopic (exact) mass is 381 g/mol. The van der Waals surface area contributed by atoms with Gasteiger partial charge in [0.2, 0.25) is 11.8 Å². The summed E-state index contributed by atoms with van der Waals surface area (Å²) in [6, 6.07) is 12.3. The molecule has 3 N–H and O–H groups in total. The Labute approximate surface area is 163 Å². The minimum absolute atomic E-state index is 0.181. The summed E-state index contributed by atoms with van der Waals surface area (Å²) in [4.78, 5) is 25.1. The van der Waals surface area contributed by atoms with Gasteiger partial charge in [0.05, 0.1) is 6.04 Å². The van der Waals surface area contributed by atoms with Gasteiger partial charge in [0.1, 0.15) is 19.3 Å². The first-order valence-electron chi connectivity index (χ1n) is 9.41. The number of rotatable bonds is 4. The number of carbonyl (C=O) groups excluding carboxylic acids is 2. The minimum atomic E-state index is -0.667. The van der Waals surface area contributed by atoms with Crippen molar-refractivity contribution >= 4 is 17.5 Å². The van der Waals surface area contributed by atoms with E-state index >= 15 is 0 Å². The molecule has 28 heavy (non-hydrogen) atoms. The Morgan fingerprint density at radius 3 is 2.64 bits per heavy atom. The summed E-state index contributed by atoms with van der Waals surface area (Å²) < 4.78 is 11.0. The SMILES string of the molecule is C[C@@H](NC(=O)[C@H]1Cc2ccccc2CN1)C(=O)Nc1ccc2c(c1)OCCO2. The highest BCUT2D eigenvalue weighted by Crippen LogP contribution is 2.32. The van der Waals surface area contributed by atoms with Crippen LogP contribution in [-0.2, 0) is 22.6 Å². The van der Waals surface area contributed by atoms with Crippen LogP contribution in [0.3, 0.4) is 0 Å². The van der Waals surface area contributed by atoms with E-state index in [0.29, 0.717) is 43.4 Å². The van der Waals surface area contributed by atoms with Crippen LogP contribution in [0.1, 0.15) is 18.1 Å². The lowest BCUT2D eigenvalue weighted by Crippen LogP contribution is -2.52. The van der Waals surface area contributed by atoms with Gasteiger partial charge >= 0.3 is 0 Å². The third-order valence-corrected chi connectivity index (χ3v) is 4.96. The van der Waals surface area contributed by atoms with E-state index in [1.165, 1.54) is 5.56 Å². The molecule has 4 rings (SSSR count). The van der Waals surface area contributed by atoms with Gasteiger partial charge < -0.3 is 25.4 Å². The van der Waals surface area contributed by atoms with Crippen molar-refractivity contribution in [3.8, 4) is 11.5 Å². The Kier molecular flexibility index (Phi) is 5.16. The summed E-state index contributed by atoms with van der Waals surface area (Å²) in [6.45, 7) is 3.31. The summed E-state index contributed by atoms with van der Waals surface area (Å²) in [5, 5.41) is 8.83. The molecule has 0 spiro atoms. The third kappa shape index (κ3) is 3.94. The van der Waals surface area contributed by atoms with Crippen molar-refractivity contribution in [2.75, 3.05) is 18.5 Å². The van der Waals surface area contributed by atoms with Crippen molar-refractivity contribution in [1.82, 2.24) is 10.6 Å². The molecule has 2 amide bonds. The van der Waals surface area contributed by atoms with Gasteiger partial charge in [-0.1, -0.05) is 24.3 Å². The number of fused-ring (bicyclic) bond motifs is 2. The van der Waals surface area contributed by atoms with Crippen LogP contribution in [0.5, 0.6) is 11.5 Å². The Morgan fingerprint density at radius 2 is 1.82 bits per heavy atom. The zero-order chi connectivity index (χ0) is 19.5. The van der Waals surface area contributed by atoms with Crippen molar-refractivity contribution in [2.24, 2.45) is 0 Å². The Balaban J connectivity index is 1.34. The Bertz CT molecular complexity index is 899. The van der Waals surface area contributed by atoms with E-state index in [2.05, 4.69) is 22.0 Å². The molecule has 0 radical (unpaired) electrons. The van der Waals surface area contributed by atoms with E-state index in [0.717, 1.165) is 5.56 Å². The van der Waals surface area contributed by atoms with E-state index < -0.39 is 6.04 Å². The van der Waals surface area contributed by atoms with Crippen LogP contribution in [0.4, 0.5) is 5.69 Å². The van der Waals surface area contributed by atoms with Crippen LogP contribution in [0, 0.1) is 0 Å². The first kappa shape index (κ1) is 18.3. The molecule has 0 aliphatic carbocycles. The highest BCUT2D eigenvalue weighted by Gasteiger charge is 2.26. The van der Waals surface area contributed by atoms with Crippen molar-refractivity contribution < 1.29 is 19.1 Å². The predicted molar refractivity (Wildman–Crippen MR) is 104 cm³/mol. The van der Waals surface area contributed by atoms with Gasteiger partial charge in [0, 0.05) is 18.3 Å². The molecule has 2 aromatic carbocycles. The topological polar surface area (TPSA) is 88.7 Å². The number of hydrogen-bond acceptors (Lipinski definition) is 5. The minimum Gasteiger partial charge on any atom is -0.486 e. The molecule has 146 valence electrons. The van der Waals surface area contributed by atoms with Crippen LogP contribution >= 0.6 is 0 Å². The molecule has 0 unspecified atom stereocenters. The summed E-state index contributed by atoms with van der Waals surface area (Å²) in [5.74, 6) is 0.792. The molecule has 2 aromatic rings. The predicted octanol–water partition coefficient (Wildman–Crippen LogP) is 1.62. The Hall–Kier alpha value is -3.06. The number of amides is 2. The molecule has 2 aliphatic heterocycles. The largest absolute Gasteiger partial charge is 0.486 e. The van der Waals surface area contributed by atoms with Gasteiger partial charge in [-0.2, -0.15) is 0 Å². The van der Waals surface area contributed by atoms with Gasteiger partial charge in [-0.25, -0.2) is 0 Å². The fourth-order valence-electron chi connectivity index (χ4n) is 3.39. The highest BCUT2D eigenvalue weighted by molar-refractivity contribution is 5.97. The molecular formula is C21H23N3O4. The van der Waals surface area contributed by atoms with Gasteiger partial charge in [-0.3, -0.25) is 9.59 Å². The second kappa shape index (κ2) is 7.90. The van der Waals surface area contributed by atoms with Gasteiger partial charge in [-0.05, 0) is 36.6 Å². The van der Waals surface area contributed by atoms with Crippen LogP contribution in [0.15, 0.2) is 42.5 Å². The molecule has 0 bridgehead atoms. The molecule has 0 saturated carbocycles. The zero-order valence-corrected chi connectivity index (χ0v) is 15.7. The summed E-state index contributed by atoms with van der Waals surface area (Å²) in [7, 11) is 0. The third-order valence-electron chi connectivity index (χ3n) is 4.96. The number of nitrogens with one attached hydrogen (secondary N) is 3. The normalized spacial score (nSPS) is 18.5. The fraction of sp³-hybridized carbons (Fsp3) is 0.333. The van der Waals surface area contributed by atoms with Gasteiger partial charge in [0.15, 0.2) is 11.5 Å². The van der Waals surface area contributed by atoms with E-state index in [1.54, 1.807) is 25.1 Å². The molecular weight excluding hydrogens is 358 g/mol. The standard InChI is InChI=1S/C21H23N3O4/c1-13(20(25)24-16-6-7-18-19(11-16)28-9-8-27-18)23-21(26)17-10-14-4-2-3-5-15(14)12-22-17/h2-7,11,13,17,22H,8-10,12H2,1H3,(H,23,26)(H,24,25)/t13-,17-/m1/s1. The van der Waals surface area contributed by atoms with Gasteiger partial charge in [-0.15, -0.1) is 0 Å². The van der Waals surface area contributed by atoms with E-state index in [1.807, 2.05) is 18.2 Å². The highest BCUT2D eigenvalue weighted by atomic mass is 16.6. The summed E-state index contributed by atoms with van der Waals surface area (Å²) in [6.07, 6.45) is 0.610. The number of anilines is 1. The molecule has 2 heterocycles. The van der Waals surface area contributed by atoms with Crippen LogP contribution in [0.25, 0.3) is 0 Å². The second-order valence-corrected chi connectivity index (χ2v) is 6.98. The molecule has 7 heteroatoms. The first-order chi connectivity index (χ1) is 13.6. The maximum Gasteiger partial charge on any atom is 0.246 e. The van der Waals surface area contributed by atoms with Crippen LogP contribution < -0.4 is 25.4 Å². The maximum absolute atomic E-state index is 12.6. The van der Waals surface area contributed by atoms with E-state index in [9.17, 15) is 9.59 Å². The average molecular weight is 381 g/mol. The number of carbonyl (C=O) groups is 2. The molecule has 0 saturated heterocycles.